The molecule has 28 heavy (non-hydrogen) atoms. The van der Waals surface area contributed by atoms with E-state index >= 15 is 0 Å². The Kier molecular flexibility index (Phi) is 4.77. The van der Waals surface area contributed by atoms with Crippen molar-refractivity contribution in [1.82, 2.24) is 29.8 Å². The topological polar surface area (TPSA) is 92.5 Å². The van der Waals surface area contributed by atoms with Gasteiger partial charge >= 0.3 is 0 Å². The van der Waals surface area contributed by atoms with Crippen molar-refractivity contribution in [2.45, 2.75) is 32.7 Å². The molecular weight excluding hydrogens is 356 g/mol. The highest BCUT2D eigenvalue weighted by Crippen LogP contribution is 2.14. The van der Waals surface area contributed by atoms with E-state index in [0.717, 1.165) is 11.4 Å². The summed E-state index contributed by atoms with van der Waals surface area (Å²) in [6.45, 7) is 4.91. The van der Waals surface area contributed by atoms with Gasteiger partial charge in [-0.25, -0.2) is 9.50 Å². The smallest absolute Gasteiger partial charge is 0.293 e. The minimum atomic E-state index is -0.199. The van der Waals surface area contributed by atoms with Crippen molar-refractivity contribution in [3.05, 3.63) is 59.2 Å². The molecule has 0 saturated carbocycles. The number of piperidine rings is 1. The van der Waals surface area contributed by atoms with Crippen LogP contribution < -0.4 is 5.32 Å². The van der Waals surface area contributed by atoms with E-state index < -0.39 is 0 Å². The number of fused-ring (bicyclic) bond motifs is 1. The number of nitrogens with zero attached hydrogens (tertiary/aromatic N) is 5. The summed E-state index contributed by atoms with van der Waals surface area (Å²) < 4.78 is 1.59. The summed E-state index contributed by atoms with van der Waals surface area (Å²) in [7, 11) is 0. The summed E-state index contributed by atoms with van der Waals surface area (Å²) in [5.74, 6) is 0.318. The van der Waals surface area contributed by atoms with E-state index in [1.807, 2.05) is 38.1 Å². The van der Waals surface area contributed by atoms with E-state index in [1.54, 1.807) is 21.5 Å². The lowest BCUT2D eigenvalue weighted by atomic mass is 10.0. The normalized spacial score (nSPS) is 15.0. The van der Waals surface area contributed by atoms with Crippen molar-refractivity contribution in [3.63, 3.8) is 0 Å². The van der Waals surface area contributed by atoms with Gasteiger partial charge < -0.3 is 10.2 Å². The van der Waals surface area contributed by atoms with Crippen molar-refractivity contribution in [2.75, 3.05) is 13.1 Å². The van der Waals surface area contributed by atoms with Crippen LogP contribution in [0.1, 0.15) is 45.2 Å². The molecule has 2 aromatic heterocycles. The highest BCUT2D eigenvalue weighted by atomic mass is 16.2. The molecule has 3 heterocycles. The van der Waals surface area contributed by atoms with Crippen LogP contribution in [-0.2, 0) is 0 Å². The van der Waals surface area contributed by atoms with Gasteiger partial charge in [-0.2, -0.15) is 4.98 Å². The van der Waals surface area contributed by atoms with E-state index in [4.69, 9.17) is 0 Å². The molecule has 1 aromatic carbocycles. The SMILES string of the molecule is Cc1cc(C)n2nc(C(=O)N3CCC(NC(=O)c4ccccc4)CC3)nc2n1. The van der Waals surface area contributed by atoms with Crippen LogP contribution in [0.4, 0.5) is 0 Å². The number of aromatic nitrogens is 4. The minimum absolute atomic E-state index is 0.0531. The Balaban J connectivity index is 1.39. The molecule has 0 aliphatic carbocycles. The van der Waals surface area contributed by atoms with Gasteiger partial charge in [0, 0.05) is 36.1 Å². The van der Waals surface area contributed by atoms with Gasteiger partial charge in [0.15, 0.2) is 0 Å². The maximum atomic E-state index is 12.8. The van der Waals surface area contributed by atoms with Gasteiger partial charge in [0.1, 0.15) is 0 Å². The molecule has 1 N–H and O–H groups in total. The number of nitrogens with one attached hydrogen (secondary N) is 1. The number of amides is 2. The molecule has 144 valence electrons. The summed E-state index contributed by atoms with van der Waals surface area (Å²) in [6.07, 6.45) is 1.40. The van der Waals surface area contributed by atoms with Gasteiger partial charge in [-0.05, 0) is 44.9 Å². The number of hydrogen-bond donors (Lipinski definition) is 1. The Hall–Kier alpha value is -3.29. The Morgan fingerprint density at radius 2 is 1.79 bits per heavy atom. The number of benzene rings is 1. The molecule has 8 nitrogen and oxygen atoms in total. The van der Waals surface area contributed by atoms with E-state index in [1.165, 1.54) is 0 Å². The van der Waals surface area contributed by atoms with Gasteiger partial charge in [-0.1, -0.05) is 18.2 Å². The Morgan fingerprint density at radius 3 is 2.50 bits per heavy atom. The molecule has 1 aliphatic rings. The highest BCUT2D eigenvalue weighted by molar-refractivity contribution is 5.94. The number of carbonyl (C=O) groups is 2. The Labute approximate surface area is 162 Å². The molecular formula is C20H22N6O2. The molecule has 0 spiro atoms. The van der Waals surface area contributed by atoms with Crippen LogP contribution in [0.3, 0.4) is 0 Å². The van der Waals surface area contributed by atoms with Gasteiger partial charge in [0.2, 0.25) is 5.82 Å². The third-order valence-corrected chi connectivity index (χ3v) is 4.96. The molecule has 1 fully saturated rings. The first-order chi connectivity index (χ1) is 13.5. The number of likely N-dealkylation sites (tertiary alicyclic amines) is 1. The van der Waals surface area contributed by atoms with Crippen molar-refractivity contribution < 1.29 is 9.59 Å². The predicted octanol–water partition coefficient (Wildman–Crippen LogP) is 1.78. The van der Waals surface area contributed by atoms with E-state index in [0.29, 0.717) is 37.3 Å². The number of carbonyl (C=O) groups excluding carboxylic acids is 2. The lowest BCUT2D eigenvalue weighted by Gasteiger charge is -2.31. The van der Waals surface area contributed by atoms with E-state index in [-0.39, 0.29) is 23.7 Å². The van der Waals surface area contributed by atoms with Crippen molar-refractivity contribution in [3.8, 4) is 0 Å². The lowest BCUT2D eigenvalue weighted by molar-refractivity contribution is 0.0686. The monoisotopic (exact) mass is 378 g/mol. The van der Waals surface area contributed by atoms with Gasteiger partial charge in [0.05, 0.1) is 0 Å². The Morgan fingerprint density at radius 1 is 1.07 bits per heavy atom. The molecule has 4 rings (SSSR count). The predicted molar refractivity (Wildman–Crippen MR) is 103 cm³/mol. The summed E-state index contributed by atoms with van der Waals surface area (Å²) in [4.78, 5) is 35.4. The summed E-state index contributed by atoms with van der Waals surface area (Å²) in [5, 5.41) is 7.36. The van der Waals surface area contributed by atoms with Crippen LogP contribution in [0.5, 0.6) is 0 Å². The molecule has 0 unspecified atom stereocenters. The molecule has 2 amide bonds. The fraction of sp³-hybridized carbons (Fsp3) is 0.350. The van der Waals surface area contributed by atoms with Gasteiger partial charge in [-0.3, -0.25) is 9.59 Å². The zero-order valence-electron chi connectivity index (χ0n) is 15.9. The number of rotatable bonds is 3. The van der Waals surface area contributed by atoms with Crippen LogP contribution in [0, 0.1) is 13.8 Å². The van der Waals surface area contributed by atoms with Crippen LogP contribution >= 0.6 is 0 Å². The molecule has 0 bridgehead atoms. The highest BCUT2D eigenvalue weighted by Gasteiger charge is 2.27. The first kappa shape index (κ1) is 18.1. The van der Waals surface area contributed by atoms with Crippen molar-refractivity contribution >= 4 is 17.6 Å². The van der Waals surface area contributed by atoms with E-state index in [2.05, 4.69) is 20.4 Å². The average molecular weight is 378 g/mol. The van der Waals surface area contributed by atoms with Crippen molar-refractivity contribution in [2.24, 2.45) is 0 Å². The van der Waals surface area contributed by atoms with Crippen LogP contribution in [0.15, 0.2) is 36.4 Å². The number of aryl methyl sites for hydroxylation is 2. The fourth-order valence-electron chi connectivity index (χ4n) is 3.48. The van der Waals surface area contributed by atoms with Crippen LogP contribution in [0.2, 0.25) is 0 Å². The third-order valence-electron chi connectivity index (χ3n) is 4.96. The van der Waals surface area contributed by atoms with Crippen LogP contribution in [0.25, 0.3) is 5.78 Å². The molecule has 3 aromatic rings. The summed E-state index contributed by atoms with van der Waals surface area (Å²) in [6, 6.07) is 11.1. The molecule has 0 radical (unpaired) electrons. The minimum Gasteiger partial charge on any atom is -0.349 e. The second-order valence-electron chi connectivity index (χ2n) is 7.09. The molecule has 1 aliphatic heterocycles. The fourth-order valence-corrected chi connectivity index (χ4v) is 3.48. The quantitative estimate of drug-likeness (QED) is 0.750. The second-order valence-corrected chi connectivity index (χ2v) is 7.09. The maximum absolute atomic E-state index is 12.8. The first-order valence-electron chi connectivity index (χ1n) is 9.37. The number of hydrogen-bond acceptors (Lipinski definition) is 5. The zero-order valence-corrected chi connectivity index (χ0v) is 15.9. The van der Waals surface area contributed by atoms with Crippen LogP contribution in [-0.4, -0.2) is 55.4 Å². The first-order valence-corrected chi connectivity index (χ1v) is 9.37. The molecule has 0 atom stereocenters. The maximum Gasteiger partial charge on any atom is 0.293 e. The summed E-state index contributed by atoms with van der Waals surface area (Å²) in [5.41, 5.74) is 2.37. The largest absolute Gasteiger partial charge is 0.349 e. The van der Waals surface area contributed by atoms with Gasteiger partial charge in [0.25, 0.3) is 17.6 Å². The lowest BCUT2D eigenvalue weighted by Crippen LogP contribution is -2.46. The molecule has 8 heteroatoms. The van der Waals surface area contributed by atoms with Crippen molar-refractivity contribution in [1.29, 1.82) is 0 Å². The third kappa shape index (κ3) is 3.58. The summed E-state index contributed by atoms with van der Waals surface area (Å²) >= 11 is 0. The second kappa shape index (κ2) is 7.38. The standard InChI is InChI=1S/C20H22N6O2/c1-13-12-14(2)26-20(21-13)23-17(24-26)19(28)25-10-8-16(9-11-25)22-18(27)15-6-4-3-5-7-15/h3-7,12,16H,8-11H2,1-2H3,(H,22,27). The van der Waals surface area contributed by atoms with Gasteiger partial charge in [-0.15, -0.1) is 5.10 Å². The average Bonchev–Trinajstić information content (AvgIpc) is 3.13. The van der Waals surface area contributed by atoms with E-state index in [9.17, 15) is 9.59 Å². The Bertz CT molecular complexity index is 1020. The molecule has 1 saturated heterocycles. The zero-order chi connectivity index (χ0) is 19.7.